The van der Waals surface area contributed by atoms with Gasteiger partial charge in [-0.2, -0.15) is 0 Å². The molecule has 20 heavy (non-hydrogen) atoms. The fraction of sp³-hybridized carbons (Fsp3) is 0.375. The minimum absolute atomic E-state index is 0.846. The fourth-order valence-electron chi connectivity index (χ4n) is 2.10. The second-order valence-corrected chi connectivity index (χ2v) is 4.80. The maximum absolute atomic E-state index is 4.31. The van der Waals surface area contributed by atoms with Gasteiger partial charge < -0.3 is 10.6 Å². The molecule has 2 N–H and O–H groups in total. The highest BCUT2D eigenvalue weighted by Crippen LogP contribution is 2.22. The van der Waals surface area contributed by atoms with Crippen molar-refractivity contribution in [1.29, 1.82) is 0 Å². The lowest BCUT2D eigenvalue weighted by Gasteiger charge is -2.12. The van der Waals surface area contributed by atoms with Gasteiger partial charge in [0, 0.05) is 17.8 Å². The van der Waals surface area contributed by atoms with Gasteiger partial charge in [-0.1, -0.05) is 25.5 Å². The third kappa shape index (κ3) is 3.47. The topological polar surface area (TPSA) is 49.8 Å². The van der Waals surface area contributed by atoms with Crippen LogP contribution in [0.1, 0.15) is 31.4 Å². The van der Waals surface area contributed by atoms with Gasteiger partial charge in [0.15, 0.2) is 0 Å². The van der Waals surface area contributed by atoms with Crippen LogP contribution >= 0.6 is 0 Å². The number of rotatable bonds is 6. The molecule has 0 radical (unpaired) electrons. The zero-order valence-electron chi connectivity index (χ0n) is 12.4. The van der Waals surface area contributed by atoms with E-state index < -0.39 is 0 Å². The molecule has 0 fully saturated rings. The molecule has 2 rings (SSSR count). The highest BCUT2D eigenvalue weighted by molar-refractivity contribution is 5.64. The molecule has 0 spiro atoms. The first-order valence-corrected chi connectivity index (χ1v) is 7.16. The van der Waals surface area contributed by atoms with E-state index in [-0.39, 0.29) is 0 Å². The third-order valence-electron chi connectivity index (χ3n) is 3.18. The lowest BCUT2D eigenvalue weighted by atomic mass is 10.1. The number of hydrogen-bond donors (Lipinski definition) is 2. The van der Waals surface area contributed by atoms with Crippen LogP contribution in [-0.4, -0.2) is 16.5 Å². The molecule has 0 saturated carbocycles. The monoisotopic (exact) mass is 270 g/mol. The second-order valence-electron chi connectivity index (χ2n) is 4.80. The zero-order valence-corrected chi connectivity index (χ0v) is 12.4. The van der Waals surface area contributed by atoms with E-state index in [0.717, 1.165) is 35.9 Å². The number of anilines is 3. The lowest BCUT2D eigenvalue weighted by molar-refractivity contribution is 0.922. The molecule has 0 aliphatic carbocycles. The Morgan fingerprint density at radius 2 is 1.70 bits per heavy atom. The first kappa shape index (κ1) is 14.3. The Hall–Kier alpha value is -2.10. The number of benzene rings is 1. The van der Waals surface area contributed by atoms with E-state index in [1.54, 1.807) is 6.33 Å². The normalized spacial score (nSPS) is 10.3. The summed E-state index contributed by atoms with van der Waals surface area (Å²) in [6.07, 6.45) is 3.88. The van der Waals surface area contributed by atoms with Crippen molar-refractivity contribution in [3.05, 3.63) is 41.7 Å². The fourth-order valence-corrected chi connectivity index (χ4v) is 2.10. The highest BCUT2D eigenvalue weighted by Gasteiger charge is 2.06. The summed E-state index contributed by atoms with van der Waals surface area (Å²) in [5.74, 6) is 1.73. The summed E-state index contributed by atoms with van der Waals surface area (Å²) in [7, 11) is 0. The molecule has 4 nitrogen and oxygen atoms in total. The number of hydrogen-bond acceptors (Lipinski definition) is 4. The quantitative estimate of drug-likeness (QED) is 0.835. The van der Waals surface area contributed by atoms with E-state index in [9.17, 15) is 0 Å². The molecule has 1 aromatic carbocycles. The van der Waals surface area contributed by atoms with E-state index in [4.69, 9.17) is 0 Å². The lowest BCUT2D eigenvalue weighted by Crippen LogP contribution is -2.05. The van der Waals surface area contributed by atoms with E-state index in [1.807, 2.05) is 6.92 Å². The van der Waals surface area contributed by atoms with Crippen LogP contribution in [0.3, 0.4) is 0 Å². The van der Waals surface area contributed by atoms with Crippen molar-refractivity contribution in [3.8, 4) is 0 Å². The third-order valence-corrected chi connectivity index (χ3v) is 3.18. The largest absolute Gasteiger partial charge is 0.370 e. The molecular weight excluding hydrogens is 248 g/mol. The zero-order chi connectivity index (χ0) is 14.4. The van der Waals surface area contributed by atoms with E-state index in [0.29, 0.717) is 0 Å². The van der Waals surface area contributed by atoms with Crippen molar-refractivity contribution in [2.45, 2.75) is 33.6 Å². The minimum Gasteiger partial charge on any atom is -0.370 e. The molecular formula is C16H22N4. The Bertz CT molecular complexity index is 549. The first-order chi connectivity index (χ1) is 9.74. The number of aryl methyl sites for hydroxylation is 1. The maximum atomic E-state index is 4.31. The molecule has 4 heteroatoms. The molecule has 0 aliphatic rings. The Morgan fingerprint density at radius 1 is 1.00 bits per heavy atom. The van der Waals surface area contributed by atoms with Crippen LogP contribution in [0.25, 0.3) is 0 Å². The van der Waals surface area contributed by atoms with Gasteiger partial charge in [0.2, 0.25) is 0 Å². The minimum atomic E-state index is 0.846. The summed E-state index contributed by atoms with van der Waals surface area (Å²) < 4.78 is 0. The van der Waals surface area contributed by atoms with Gasteiger partial charge in [0.1, 0.15) is 18.0 Å². The molecule has 1 aromatic heterocycles. The summed E-state index contributed by atoms with van der Waals surface area (Å²) in [5, 5.41) is 6.59. The van der Waals surface area contributed by atoms with Crippen LogP contribution in [0.4, 0.5) is 17.3 Å². The van der Waals surface area contributed by atoms with Gasteiger partial charge in [-0.3, -0.25) is 0 Å². The summed E-state index contributed by atoms with van der Waals surface area (Å²) in [4.78, 5) is 8.56. The van der Waals surface area contributed by atoms with E-state index >= 15 is 0 Å². The average Bonchev–Trinajstić information content (AvgIpc) is 2.46. The Kier molecular flexibility index (Phi) is 4.93. The summed E-state index contributed by atoms with van der Waals surface area (Å²) >= 11 is 0. The van der Waals surface area contributed by atoms with Crippen molar-refractivity contribution >= 4 is 17.3 Å². The number of nitrogens with one attached hydrogen (secondary N) is 2. The molecule has 2 aromatic rings. The van der Waals surface area contributed by atoms with Gasteiger partial charge in [-0.05, 0) is 38.0 Å². The molecule has 0 bridgehead atoms. The van der Waals surface area contributed by atoms with Gasteiger partial charge in [0.05, 0.1) is 0 Å². The van der Waals surface area contributed by atoms with Gasteiger partial charge in [0.25, 0.3) is 0 Å². The van der Waals surface area contributed by atoms with Gasteiger partial charge >= 0.3 is 0 Å². The molecule has 0 amide bonds. The van der Waals surface area contributed by atoms with Crippen molar-refractivity contribution in [3.63, 3.8) is 0 Å². The Balaban J connectivity index is 2.15. The van der Waals surface area contributed by atoms with Crippen LogP contribution in [-0.2, 0) is 6.42 Å². The predicted molar refractivity (Wildman–Crippen MR) is 84.7 cm³/mol. The average molecular weight is 270 g/mol. The highest BCUT2D eigenvalue weighted by atomic mass is 15.1. The van der Waals surface area contributed by atoms with Gasteiger partial charge in [-0.25, -0.2) is 9.97 Å². The molecule has 0 saturated heterocycles. The van der Waals surface area contributed by atoms with Crippen molar-refractivity contribution in [2.24, 2.45) is 0 Å². The standard InChI is InChI=1S/C16H22N4/c1-4-6-13-7-9-14(10-8-13)20-16-12(3)15(17-5-2)18-11-19-16/h7-11H,4-6H2,1-3H3,(H2,17,18,19,20). The first-order valence-electron chi connectivity index (χ1n) is 7.16. The van der Waals surface area contributed by atoms with Crippen LogP contribution in [0.2, 0.25) is 0 Å². The molecule has 106 valence electrons. The van der Waals surface area contributed by atoms with Crippen LogP contribution in [0, 0.1) is 6.92 Å². The van der Waals surface area contributed by atoms with Gasteiger partial charge in [-0.15, -0.1) is 0 Å². The summed E-state index contributed by atoms with van der Waals surface area (Å²) in [5.41, 5.74) is 3.45. The van der Waals surface area contributed by atoms with Crippen molar-refractivity contribution < 1.29 is 0 Å². The van der Waals surface area contributed by atoms with E-state index in [1.165, 1.54) is 12.0 Å². The smallest absolute Gasteiger partial charge is 0.138 e. The maximum Gasteiger partial charge on any atom is 0.138 e. The molecule has 0 aliphatic heterocycles. The van der Waals surface area contributed by atoms with E-state index in [2.05, 4.69) is 58.7 Å². The van der Waals surface area contributed by atoms with Crippen molar-refractivity contribution in [2.75, 3.05) is 17.2 Å². The molecule has 0 atom stereocenters. The Labute approximate surface area is 120 Å². The number of aromatic nitrogens is 2. The molecule has 1 heterocycles. The van der Waals surface area contributed by atoms with Crippen LogP contribution in [0.5, 0.6) is 0 Å². The van der Waals surface area contributed by atoms with Crippen LogP contribution in [0.15, 0.2) is 30.6 Å². The number of nitrogens with zero attached hydrogens (tertiary/aromatic N) is 2. The summed E-state index contributed by atoms with van der Waals surface area (Å²) in [6.45, 7) is 7.12. The van der Waals surface area contributed by atoms with Crippen LogP contribution < -0.4 is 10.6 Å². The SMILES string of the molecule is CCCc1ccc(Nc2ncnc(NCC)c2C)cc1. The molecule has 0 unspecified atom stereocenters. The Morgan fingerprint density at radius 3 is 2.35 bits per heavy atom. The second kappa shape index (κ2) is 6.89. The predicted octanol–water partition coefficient (Wildman–Crippen LogP) is 3.91. The van der Waals surface area contributed by atoms with Crippen molar-refractivity contribution in [1.82, 2.24) is 9.97 Å². The summed E-state index contributed by atoms with van der Waals surface area (Å²) in [6, 6.07) is 8.51.